The molecule has 3 heterocycles. The SMILES string of the molecule is COCCOC(=O)C1=C(C)N=C2SC=C(CC(=O)NCc3cccnc3)N2C1c1ccc(C(C)C)cc1. The number of methoxy groups -OCH3 is 1. The van der Waals surface area contributed by atoms with E-state index in [0.717, 1.165) is 22.0 Å². The number of rotatable bonds is 10. The Morgan fingerprint density at radius 2 is 1.95 bits per heavy atom. The van der Waals surface area contributed by atoms with Crippen LogP contribution in [0.2, 0.25) is 0 Å². The summed E-state index contributed by atoms with van der Waals surface area (Å²) in [5.74, 6) is -0.177. The second-order valence-corrected chi connectivity index (χ2v) is 9.99. The molecule has 1 N–H and O–H groups in total. The highest BCUT2D eigenvalue weighted by molar-refractivity contribution is 8.16. The van der Waals surface area contributed by atoms with Crippen molar-refractivity contribution in [2.45, 2.75) is 45.7 Å². The van der Waals surface area contributed by atoms with Gasteiger partial charge in [-0.25, -0.2) is 9.79 Å². The number of esters is 1. The maximum Gasteiger partial charge on any atom is 0.338 e. The Hall–Kier alpha value is -3.43. The predicted molar refractivity (Wildman–Crippen MR) is 144 cm³/mol. The number of thioether (sulfide) groups is 1. The van der Waals surface area contributed by atoms with Crippen molar-refractivity contribution in [2.24, 2.45) is 4.99 Å². The number of amides is 1. The number of carbonyl (C=O) groups is 2. The molecule has 1 amide bonds. The fourth-order valence-electron chi connectivity index (χ4n) is 4.24. The molecule has 0 bridgehead atoms. The van der Waals surface area contributed by atoms with Gasteiger partial charge in [0, 0.05) is 31.7 Å². The van der Waals surface area contributed by atoms with E-state index in [-0.39, 0.29) is 18.9 Å². The normalized spacial score (nSPS) is 16.9. The first-order valence-corrected chi connectivity index (χ1v) is 13.1. The molecule has 1 aromatic carbocycles. The molecule has 37 heavy (non-hydrogen) atoms. The van der Waals surface area contributed by atoms with E-state index in [9.17, 15) is 9.59 Å². The zero-order valence-electron chi connectivity index (χ0n) is 21.6. The van der Waals surface area contributed by atoms with Crippen LogP contribution in [-0.4, -0.2) is 47.3 Å². The number of aliphatic imine (C=N–C) groups is 1. The van der Waals surface area contributed by atoms with Crippen LogP contribution in [0.5, 0.6) is 0 Å². The lowest BCUT2D eigenvalue weighted by Gasteiger charge is -2.36. The highest BCUT2D eigenvalue weighted by Crippen LogP contribution is 2.45. The van der Waals surface area contributed by atoms with Crippen molar-refractivity contribution in [1.82, 2.24) is 15.2 Å². The molecule has 2 aliphatic heterocycles. The van der Waals surface area contributed by atoms with Gasteiger partial charge in [0.2, 0.25) is 5.91 Å². The molecule has 0 saturated heterocycles. The molecule has 8 nitrogen and oxygen atoms in total. The molecule has 1 unspecified atom stereocenters. The minimum Gasteiger partial charge on any atom is -0.460 e. The Morgan fingerprint density at radius 1 is 1.16 bits per heavy atom. The topological polar surface area (TPSA) is 93.1 Å². The van der Waals surface area contributed by atoms with Gasteiger partial charge in [0.15, 0.2) is 5.17 Å². The highest BCUT2D eigenvalue weighted by Gasteiger charge is 2.41. The van der Waals surface area contributed by atoms with Crippen molar-refractivity contribution in [3.05, 3.63) is 87.9 Å². The van der Waals surface area contributed by atoms with Crippen molar-refractivity contribution in [2.75, 3.05) is 20.3 Å². The minimum atomic E-state index is -0.462. The van der Waals surface area contributed by atoms with Crippen molar-refractivity contribution < 1.29 is 19.1 Å². The minimum absolute atomic E-state index is 0.124. The maximum atomic E-state index is 13.3. The van der Waals surface area contributed by atoms with E-state index >= 15 is 0 Å². The number of pyridine rings is 1. The van der Waals surface area contributed by atoms with Crippen LogP contribution in [0.3, 0.4) is 0 Å². The lowest BCUT2D eigenvalue weighted by molar-refractivity contribution is -0.141. The Morgan fingerprint density at radius 3 is 2.62 bits per heavy atom. The smallest absolute Gasteiger partial charge is 0.338 e. The van der Waals surface area contributed by atoms with Gasteiger partial charge in [-0.3, -0.25) is 9.78 Å². The van der Waals surface area contributed by atoms with E-state index in [1.54, 1.807) is 19.5 Å². The Bertz CT molecular complexity index is 1220. The number of fused-ring (bicyclic) bond motifs is 1. The number of hydrogen-bond acceptors (Lipinski definition) is 8. The molecule has 194 valence electrons. The first-order chi connectivity index (χ1) is 17.9. The Balaban J connectivity index is 1.61. The number of ether oxygens (including phenoxy) is 2. The van der Waals surface area contributed by atoms with Crippen LogP contribution in [-0.2, 0) is 25.6 Å². The summed E-state index contributed by atoms with van der Waals surface area (Å²) in [6, 6.07) is 11.5. The third-order valence-corrected chi connectivity index (χ3v) is 7.10. The summed E-state index contributed by atoms with van der Waals surface area (Å²) in [6.45, 7) is 6.96. The summed E-state index contributed by atoms with van der Waals surface area (Å²) in [6.07, 6.45) is 3.58. The number of allylic oxidation sites excluding steroid dienone is 1. The van der Waals surface area contributed by atoms with Gasteiger partial charge in [-0.1, -0.05) is 55.9 Å². The largest absolute Gasteiger partial charge is 0.460 e. The number of aromatic nitrogens is 1. The van der Waals surface area contributed by atoms with Crippen molar-refractivity contribution >= 4 is 28.8 Å². The van der Waals surface area contributed by atoms with Gasteiger partial charge < -0.3 is 19.7 Å². The van der Waals surface area contributed by atoms with Crippen LogP contribution < -0.4 is 5.32 Å². The molecule has 0 fully saturated rings. The van der Waals surface area contributed by atoms with E-state index in [4.69, 9.17) is 14.5 Å². The third kappa shape index (κ3) is 6.29. The number of benzene rings is 1. The third-order valence-electron chi connectivity index (χ3n) is 6.21. The average Bonchev–Trinajstić information content (AvgIpc) is 3.29. The van der Waals surface area contributed by atoms with Crippen LogP contribution >= 0.6 is 11.8 Å². The van der Waals surface area contributed by atoms with Gasteiger partial charge in [-0.05, 0) is 41.0 Å². The summed E-state index contributed by atoms with van der Waals surface area (Å²) >= 11 is 1.45. The van der Waals surface area contributed by atoms with Gasteiger partial charge in [0.05, 0.1) is 30.3 Å². The van der Waals surface area contributed by atoms with E-state index in [2.05, 4.69) is 36.3 Å². The molecule has 2 aromatic rings. The zero-order valence-corrected chi connectivity index (χ0v) is 22.4. The molecule has 1 aromatic heterocycles. The lowest BCUT2D eigenvalue weighted by Crippen LogP contribution is -2.38. The van der Waals surface area contributed by atoms with Gasteiger partial charge in [0.25, 0.3) is 0 Å². The van der Waals surface area contributed by atoms with Crippen LogP contribution in [0.1, 0.15) is 55.8 Å². The fourth-order valence-corrected chi connectivity index (χ4v) is 5.20. The van der Waals surface area contributed by atoms with Crippen molar-refractivity contribution in [3.8, 4) is 0 Å². The number of hydrogen-bond donors (Lipinski definition) is 1. The number of nitrogens with one attached hydrogen (secondary N) is 1. The first kappa shape index (κ1) is 26.6. The molecule has 0 spiro atoms. The summed E-state index contributed by atoms with van der Waals surface area (Å²) in [7, 11) is 1.56. The second kappa shape index (κ2) is 12.2. The second-order valence-electron chi connectivity index (χ2n) is 9.16. The van der Waals surface area contributed by atoms with Gasteiger partial charge in [-0.2, -0.15) is 0 Å². The molecular formula is C28H32N4O4S. The number of nitrogens with zero attached hydrogens (tertiary/aromatic N) is 3. The standard InChI is InChI=1S/C28H32N4O4S/c1-18(2)21-7-9-22(10-8-21)26-25(27(34)36-13-12-35-4)19(3)31-28-32(26)23(17-37-28)14-24(33)30-16-20-6-5-11-29-15-20/h5-11,15,17-18,26H,12-14,16H2,1-4H3,(H,30,33). The first-order valence-electron chi connectivity index (χ1n) is 12.2. The summed E-state index contributed by atoms with van der Waals surface area (Å²) in [5, 5.41) is 5.63. The Labute approximate surface area is 221 Å². The van der Waals surface area contributed by atoms with Gasteiger partial charge >= 0.3 is 5.97 Å². The molecular weight excluding hydrogens is 488 g/mol. The van der Waals surface area contributed by atoms with E-state index in [1.807, 2.05) is 41.5 Å². The zero-order chi connectivity index (χ0) is 26.4. The molecule has 0 saturated carbocycles. The molecule has 0 aliphatic carbocycles. The van der Waals surface area contributed by atoms with Crippen molar-refractivity contribution in [1.29, 1.82) is 0 Å². The molecule has 4 rings (SSSR count). The molecule has 9 heteroatoms. The Kier molecular flexibility index (Phi) is 8.78. The van der Waals surface area contributed by atoms with Crippen LogP contribution in [0.4, 0.5) is 0 Å². The number of amidine groups is 1. The lowest BCUT2D eigenvalue weighted by atomic mass is 9.92. The van der Waals surface area contributed by atoms with E-state index < -0.39 is 12.0 Å². The fraction of sp³-hybridized carbons (Fsp3) is 0.357. The van der Waals surface area contributed by atoms with E-state index in [0.29, 0.717) is 30.3 Å². The molecule has 0 radical (unpaired) electrons. The average molecular weight is 521 g/mol. The van der Waals surface area contributed by atoms with Gasteiger partial charge in [0.1, 0.15) is 6.61 Å². The summed E-state index contributed by atoms with van der Waals surface area (Å²) in [4.78, 5) is 37.0. The van der Waals surface area contributed by atoms with Gasteiger partial charge in [-0.15, -0.1) is 0 Å². The monoisotopic (exact) mass is 520 g/mol. The quantitative estimate of drug-likeness (QED) is 0.359. The number of carbonyl (C=O) groups excluding carboxylic acids is 2. The summed E-state index contributed by atoms with van der Waals surface area (Å²) < 4.78 is 10.6. The van der Waals surface area contributed by atoms with Crippen LogP contribution in [0.25, 0.3) is 0 Å². The van der Waals surface area contributed by atoms with Crippen molar-refractivity contribution in [3.63, 3.8) is 0 Å². The van der Waals surface area contributed by atoms with Crippen LogP contribution in [0, 0.1) is 0 Å². The molecule has 1 atom stereocenters. The predicted octanol–water partition coefficient (Wildman–Crippen LogP) is 4.68. The van der Waals surface area contributed by atoms with E-state index in [1.165, 1.54) is 17.3 Å². The van der Waals surface area contributed by atoms with Crippen LogP contribution in [0.15, 0.2) is 76.2 Å². The molecule has 2 aliphatic rings. The maximum absolute atomic E-state index is 13.3. The summed E-state index contributed by atoms with van der Waals surface area (Å²) in [5.41, 5.74) is 4.91. The highest BCUT2D eigenvalue weighted by atomic mass is 32.2.